The normalized spacial score (nSPS) is 12.5. The van der Waals surface area contributed by atoms with Gasteiger partial charge in [0.25, 0.3) is 0 Å². The van der Waals surface area contributed by atoms with Gasteiger partial charge in [-0.15, -0.1) is 0 Å². The van der Waals surface area contributed by atoms with E-state index in [1.165, 1.54) is 10.8 Å². The fourth-order valence-corrected chi connectivity index (χ4v) is 5.57. The fourth-order valence-electron chi connectivity index (χ4n) is 4.40. The molecular weight excluding hydrogens is 420 g/mol. The molecule has 0 bridgehead atoms. The number of benzene rings is 2. The average Bonchev–Trinajstić information content (AvgIpc) is 2.95. The zero-order chi connectivity index (χ0) is 23.6. The summed E-state index contributed by atoms with van der Waals surface area (Å²) in [6.45, 7) is 11.3. The van der Waals surface area contributed by atoms with Crippen LogP contribution in [0.5, 0.6) is 0 Å². The number of hydrogen-bond donors (Lipinski definition) is 0. The summed E-state index contributed by atoms with van der Waals surface area (Å²) >= 11 is 0. The van der Waals surface area contributed by atoms with E-state index in [1.807, 2.05) is 19.1 Å². The topological polar surface area (TPSA) is 26.3 Å². The Morgan fingerprint density at radius 2 is 1.45 bits per heavy atom. The standard InChI is InChI=1S/C30H32O2Si/c1-6-32-30(31)29(23-16-18-24(19-17-23)33(3,4)5)28-20-27(22-14-12-21(2)13-15-22)25-10-8-7-9-11-26(25)28/h7-20,29H,6H2,1-5H3. The Morgan fingerprint density at radius 1 is 0.818 bits per heavy atom. The molecule has 0 heterocycles. The largest absolute Gasteiger partial charge is 0.465 e. The van der Waals surface area contributed by atoms with Gasteiger partial charge in [-0.3, -0.25) is 4.79 Å². The molecule has 2 aliphatic rings. The van der Waals surface area contributed by atoms with Gasteiger partial charge in [0.1, 0.15) is 5.92 Å². The van der Waals surface area contributed by atoms with Crippen LogP contribution in [0, 0.1) is 6.92 Å². The van der Waals surface area contributed by atoms with Gasteiger partial charge in [0.15, 0.2) is 0 Å². The average molecular weight is 453 g/mol. The SMILES string of the molecule is CCOC(=O)C(c1ccc([Si](C)(C)C)cc1)c1cc(-c2ccc(C)cc2)c2cccccc1-2. The molecule has 2 aliphatic carbocycles. The maximum absolute atomic E-state index is 13.3. The molecule has 2 nitrogen and oxygen atoms in total. The van der Waals surface area contributed by atoms with Crippen LogP contribution in [0.4, 0.5) is 0 Å². The molecule has 2 aromatic carbocycles. The molecule has 33 heavy (non-hydrogen) atoms. The van der Waals surface area contributed by atoms with Crippen molar-refractivity contribution in [1.82, 2.24) is 0 Å². The number of carbonyl (C=O) groups is 1. The van der Waals surface area contributed by atoms with E-state index in [0.717, 1.165) is 33.4 Å². The van der Waals surface area contributed by atoms with Crippen molar-refractivity contribution in [3.05, 3.63) is 102 Å². The van der Waals surface area contributed by atoms with Crippen molar-refractivity contribution in [3.8, 4) is 22.3 Å². The molecule has 0 N–H and O–H groups in total. The minimum Gasteiger partial charge on any atom is -0.465 e. The summed E-state index contributed by atoms with van der Waals surface area (Å²) in [5, 5.41) is 1.38. The van der Waals surface area contributed by atoms with Crippen LogP contribution >= 0.6 is 0 Å². The monoisotopic (exact) mass is 452 g/mol. The molecule has 0 amide bonds. The van der Waals surface area contributed by atoms with Crippen molar-refractivity contribution in [1.29, 1.82) is 0 Å². The number of esters is 1. The van der Waals surface area contributed by atoms with E-state index in [9.17, 15) is 4.79 Å². The maximum atomic E-state index is 13.3. The lowest BCUT2D eigenvalue weighted by Crippen LogP contribution is -2.37. The molecule has 0 saturated heterocycles. The number of fused-ring (bicyclic) bond motifs is 1. The molecule has 2 aromatic rings. The Kier molecular flexibility index (Phi) is 6.53. The van der Waals surface area contributed by atoms with Gasteiger partial charge in [-0.1, -0.05) is 109 Å². The molecule has 0 aromatic heterocycles. The second-order valence-corrected chi connectivity index (χ2v) is 14.8. The van der Waals surface area contributed by atoms with Crippen LogP contribution in [0.15, 0.2) is 84.9 Å². The van der Waals surface area contributed by atoms with Crippen molar-refractivity contribution < 1.29 is 9.53 Å². The van der Waals surface area contributed by atoms with Crippen molar-refractivity contribution in [2.45, 2.75) is 39.4 Å². The third-order valence-electron chi connectivity index (χ3n) is 6.25. The van der Waals surface area contributed by atoms with Crippen molar-refractivity contribution in [2.24, 2.45) is 0 Å². The van der Waals surface area contributed by atoms with E-state index in [0.29, 0.717) is 6.61 Å². The zero-order valence-electron chi connectivity index (χ0n) is 20.2. The minimum absolute atomic E-state index is 0.202. The van der Waals surface area contributed by atoms with Crippen LogP contribution in [0.2, 0.25) is 19.6 Å². The summed E-state index contributed by atoms with van der Waals surface area (Å²) in [7, 11) is -1.43. The first-order chi connectivity index (χ1) is 15.8. The smallest absolute Gasteiger partial charge is 0.317 e. The Balaban J connectivity index is 1.90. The number of ether oxygens (including phenoxy) is 1. The molecule has 4 rings (SSSR count). The van der Waals surface area contributed by atoms with Crippen LogP contribution in [-0.4, -0.2) is 20.7 Å². The number of hydrogen-bond acceptors (Lipinski definition) is 2. The van der Waals surface area contributed by atoms with Gasteiger partial charge in [0.05, 0.1) is 14.7 Å². The molecule has 0 spiro atoms. The Labute approximate surface area is 198 Å². The number of rotatable bonds is 6. The maximum Gasteiger partial charge on any atom is 0.317 e. The quantitative estimate of drug-likeness (QED) is 0.232. The van der Waals surface area contributed by atoms with Crippen LogP contribution in [-0.2, 0) is 9.53 Å². The minimum atomic E-state index is -1.43. The van der Waals surface area contributed by atoms with Crippen LogP contribution in [0.25, 0.3) is 22.3 Å². The second kappa shape index (κ2) is 9.36. The Bertz CT molecular complexity index is 1220. The summed E-state index contributed by atoms with van der Waals surface area (Å²) in [4.78, 5) is 13.3. The third kappa shape index (κ3) is 4.79. The van der Waals surface area contributed by atoms with E-state index in [4.69, 9.17) is 4.74 Å². The Morgan fingerprint density at radius 3 is 2.06 bits per heavy atom. The summed E-state index contributed by atoms with van der Waals surface area (Å²) in [5.74, 6) is -0.670. The highest BCUT2D eigenvalue weighted by Gasteiger charge is 2.30. The highest BCUT2D eigenvalue weighted by Crippen LogP contribution is 2.43. The van der Waals surface area contributed by atoms with Gasteiger partial charge in [-0.25, -0.2) is 0 Å². The van der Waals surface area contributed by atoms with E-state index < -0.39 is 14.0 Å². The molecule has 1 unspecified atom stereocenters. The van der Waals surface area contributed by atoms with Gasteiger partial charge in [-0.2, -0.15) is 0 Å². The van der Waals surface area contributed by atoms with Gasteiger partial charge in [0, 0.05) is 0 Å². The van der Waals surface area contributed by atoms with Crippen molar-refractivity contribution in [3.63, 3.8) is 0 Å². The van der Waals surface area contributed by atoms with Gasteiger partial charge in [-0.05, 0) is 53.3 Å². The molecule has 0 fully saturated rings. The predicted octanol–water partition coefficient (Wildman–Crippen LogP) is 7.01. The lowest BCUT2D eigenvalue weighted by Gasteiger charge is -2.20. The summed E-state index contributed by atoms with van der Waals surface area (Å²) in [6, 6.07) is 29.8. The van der Waals surface area contributed by atoms with E-state index in [-0.39, 0.29) is 5.97 Å². The summed E-state index contributed by atoms with van der Waals surface area (Å²) in [6.07, 6.45) is 0. The molecule has 0 aliphatic heterocycles. The van der Waals surface area contributed by atoms with E-state index in [2.05, 4.69) is 99.4 Å². The Hall–Kier alpha value is -3.17. The predicted molar refractivity (Wildman–Crippen MR) is 141 cm³/mol. The van der Waals surface area contributed by atoms with Gasteiger partial charge in [0.2, 0.25) is 0 Å². The third-order valence-corrected chi connectivity index (χ3v) is 8.31. The molecular formula is C30H32O2Si. The van der Waals surface area contributed by atoms with Crippen LogP contribution < -0.4 is 5.19 Å². The zero-order valence-corrected chi connectivity index (χ0v) is 21.2. The van der Waals surface area contributed by atoms with Crippen molar-refractivity contribution in [2.75, 3.05) is 6.61 Å². The van der Waals surface area contributed by atoms with Crippen molar-refractivity contribution >= 4 is 19.2 Å². The summed E-state index contributed by atoms with van der Waals surface area (Å²) in [5.41, 5.74) is 7.73. The first kappa shape index (κ1) is 23.0. The first-order valence-corrected chi connectivity index (χ1v) is 15.2. The van der Waals surface area contributed by atoms with Gasteiger partial charge < -0.3 is 4.74 Å². The number of aryl methyl sites for hydroxylation is 1. The lowest BCUT2D eigenvalue weighted by atomic mass is 9.90. The highest BCUT2D eigenvalue weighted by atomic mass is 28.3. The summed E-state index contributed by atoms with van der Waals surface area (Å²) < 4.78 is 5.58. The molecule has 1 atom stereocenters. The number of carbonyl (C=O) groups excluding carboxylic acids is 1. The molecule has 0 saturated carbocycles. The van der Waals surface area contributed by atoms with Crippen LogP contribution in [0.1, 0.15) is 29.5 Å². The molecule has 0 radical (unpaired) electrons. The van der Waals surface area contributed by atoms with E-state index in [1.54, 1.807) is 0 Å². The highest BCUT2D eigenvalue weighted by molar-refractivity contribution is 6.88. The van der Waals surface area contributed by atoms with Gasteiger partial charge >= 0.3 is 5.97 Å². The lowest BCUT2D eigenvalue weighted by molar-refractivity contribution is -0.143. The molecule has 3 heteroatoms. The van der Waals surface area contributed by atoms with E-state index >= 15 is 0 Å². The van der Waals surface area contributed by atoms with Crippen LogP contribution in [0.3, 0.4) is 0 Å². The second-order valence-electron chi connectivity index (χ2n) is 9.67. The first-order valence-electron chi connectivity index (χ1n) is 11.7. The fraction of sp³-hybridized carbons (Fsp3) is 0.233. The molecule has 168 valence electrons.